The fraction of sp³-hybridized carbons (Fsp3) is 0. The Morgan fingerprint density at radius 3 is 2.08 bits per heavy atom. The van der Waals surface area contributed by atoms with Gasteiger partial charge in [-0.1, -0.05) is 0 Å². The number of benzene rings is 1. The molecule has 1 rings (SSSR count). The quantitative estimate of drug-likeness (QED) is 0.294. The van der Waals surface area contributed by atoms with E-state index in [2.05, 4.69) is 0 Å². The molecule has 0 saturated carbocycles. The maximum absolute atomic E-state index is 10.3. The summed E-state index contributed by atoms with van der Waals surface area (Å²) < 4.78 is 31.0. The van der Waals surface area contributed by atoms with Crippen molar-refractivity contribution < 1.29 is 52.7 Å². The Balaban J connectivity index is 0.00000144. The Kier molecular flexibility index (Phi) is 4.21. The van der Waals surface area contributed by atoms with E-state index in [1.165, 1.54) is 0 Å². The van der Waals surface area contributed by atoms with E-state index in [-0.39, 0.29) is 29.6 Å². The molecule has 5 nitrogen and oxygen atoms in total. The molecule has 0 atom stereocenters. The van der Waals surface area contributed by atoms with Crippen molar-refractivity contribution in [2.75, 3.05) is 0 Å². The summed E-state index contributed by atoms with van der Waals surface area (Å²) in [5.74, 6) is -1.10. The van der Waals surface area contributed by atoms with Gasteiger partial charge >= 0.3 is 29.6 Å². The van der Waals surface area contributed by atoms with E-state index in [0.717, 1.165) is 12.1 Å². The molecule has 0 aliphatic carbocycles. The van der Waals surface area contributed by atoms with E-state index < -0.39 is 26.5 Å². The minimum absolute atomic E-state index is 0. The summed E-state index contributed by atoms with van der Waals surface area (Å²) in [6, 6.07) is 2.54. The molecule has 0 saturated heterocycles. The Morgan fingerprint density at radius 2 is 1.69 bits per heavy atom. The first-order valence-electron chi connectivity index (χ1n) is 2.89. The third kappa shape index (κ3) is 3.17. The Hall–Kier alpha value is -0.270. The summed E-state index contributed by atoms with van der Waals surface area (Å²) in [7, 11) is -4.56. The van der Waals surface area contributed by atoms with E-state index in [1.807, 2.05) is 0 Å². The maximum atomic E-state index is 10.3. The first kappa shape index (κ1) is 12.7. The van der Waals surface area contributed by atoms with Crippen LogP contribution in [0.2, 0.25) is 0 Å². The molecule has 0 amide bonds. The zero-order valence-corrected chi connectivity index (χ0v) is 9.58. The number of hydrogen-bond acceptors (Lipinski definition) is 5. The van der Waals surface area contributed by atoms with E-state index in [0.29, 0.717) is 6.07 Å². The van der Waals surface area contributed by atoms with Crippen LogP contribution in [0.1, 0.15) is 0 Å². The molecule has 0 spiro atoms. The number of aromatic hydroxyl groups is 2. The minimum atomic E-state index is -4.56. The predicted octanol–water partition coefficient (Wildman–Crippen LogP) is -2.99. The van der Waals surface area contributed by atoms with Gasteiger partial charge < -0.3 is 14.8 Å². The van der Waals surface area contributed by atoms with Gasteiger partial charge in [-0.05, 0) is 12.1 Å². The summed E-state index contributed by atoms with van der Waals surface area (Å²) in [6.45, 7) is 0. The molecule has 2 N–H and O–H groups in total. The third-order valence-corrected chi connectivity index (χ3v) is 2.07. The second-order valence-corrected chi connectivity index (χ2v) is 3.48. The van der Waals surface area contributed by atoms with Crippen LogP contribution < -0.4 is 29.6 Å². The number of rotatable bonds is 1. The van der Waals surface area contributed by atoms with Crippen LogP contribution in [0.5, 0.6) is 11.5 Å². The van der Waals surface area contributed by atoms with Gasteiger partial charge in [0.25, 0.3) is 0 Å². The van der Waals surface area contributed by atoms with Gasteiger partial charge in [-0.25, -0.2) is 8.42 Å². The molecule has 1 aromatic carbocycles. The number of phenols is 2. The standard InChI is InChI=1S/C6H6O5S.Na/c7-5-2-1-4(3-6(5)8)12(9,10)11;/h1-3,7-8H,(H,9,10,11);/q;+1/p-1. The van der Waals surface area contributed by atoms with E-state index >= 15 is 0 Å². The molecule has 1 aromatic rings. The van der Waals surface area contributed by atoms with Crippen LogP contribution in [0, 0.1) is 0 Å². The molecule has 0 bridgehead atoms. The second-order valence-electron chi connectivity index (χ2n) is 2.10. The van der Waals surface area contributed by atoms with Crippen molar-refractivity contribution in [3.05, 3.63) is 18.2 Å². The normalized spacial score (nSPS) is 10.5. The third-order valence-electron chi connectivity index (χ3n) is 1.24. The second kappa shape index (κ2) is 4.30. The van der Waals surface area contributed by atoms with Gasteiger partial charge in [0.15, 0.2) is 11.5 Å². The van der Waals surface area contributed by atoms with Crippen molar-refractivity contribution in [3.8, 4) is 11.5 Å². The molecule has 0 heterocycles. The molecule has 0 radical (unpaired) electrons. The van der Waals surface area contributed by atoms with Gasteiger partial charge in [-0.2, -0.15) is 0 Å². The zero-order chi connectivity index (χ0) is 9.35. The Bertz CT molecular complexity index is 399. The largest absolute Gasteiger partial charge is 1.00 e. The predicted molar refractivity (Wildman–Crippen MR) is 37.7 cm³/mol. The average Bonchev–Trinajstić information content (AvgIpc) is 1.92. The smallest absolute Gasteiger partial charge is 0.744 e. The summed E-state index contributed by atoms with van der Waals surface area (Å²) in [5, 5.41) is 17.6. The van der Waals surface area contributed by atoms with Crippen LogP contribution in [0.15, 0.2) is 23.1 Å². The van der Waals surface area contributed by atoms with Crippen LogP contribution >= 0.6 is 0 Å². The summed E-state index contributed by atoms with van der Waals surface area (Å²) in [4.78, 5) is -0.571. The molecule has 7 heteroatoms. The van der Waals surface area contributed by atoms with Crippen molar-refractivity contribution in [1.29, 1.82) is 0 Å². The van der Waals surface area contributed by atoms with E-state index in [4.69, 9.17) is 10.2 Å². The van der Waals surface area contributed by atoms with Crippen molar-refractivity contribution in [1.82, 2.24) is 0 Å². The maximum Gasteiger partial charge on any atom is 1.00 e. The van der Waals surface area contributed by atoms with Gasteiger partial charge in [-0.15, -0.1) is 0 Å². The molecule has 0 fully saturated rings. The Morgan fingerprint density at radius 1 is 1.15 bits per heavy atom. The summed E-state index contributed by atoms with van der Waals surface area (Å²) in [6.07, 6.45) is 0. The van der Waals surface area contributed by atoms with Crippen molar-refractivity contribution in [2.45, 2.75) is 4.90 Å². The average molecular weight is 212 g/mol. The molecule has 0 aromatic heterocycles. The fourth-order valence-corrected chi connectivity index (χ4v) is 1.15. The summed E-state index contributed by atoms with van der Waals surface area (Å²) >= 11 is 0. The minimum Gasteiger partial charge on any atom is -0.744 e. The topological polar surface area (TPSA) is 97.7 Å². The Labute approximate surface area is 97.1 Å². The van der Waals surface area contributed by atoms with Gasteiger partial charge in [0.2, 0.25) is 0 Å². The van der Waals surface area contributed by atoms with Crippen LogP contribution in [-0.4, -0.2) is 23.2 Å². The monoisotopic (exact) mass is 212 g/mol. The molecule has 0 unspecified atom stereocenters. The first-order valence-corrected chi connectivity index (χ1v) is 4.30. The van der Waals surface area contributed by atoms with Gasteiger partial charge in [-0.3, -0.25) is 0 Å². The molecule has 13 heavy (non-hydrogen) atoms. The molecular formula is C6H5NaO5S. The molecule has 0 aliphatic heterocycles. The van der Waals surface area contributed by atoms with Gasteiger partial charge in [0, 0.05) is 6.07 Å². The van der Waals surface area contributed by atoms with E-state index in [1.54, 1.807) is 0 Å². The molecule has 0 aliphatic rings. The van der Waals surface area contributed by atoms with Crippen LogP contribution in [-0.2, 0) is 10.1 Å². The number of hydrogen-bond donors (Lipinski definition) is 2. The van der Waals surface area contributed by atoms with E-state index in [9.17, 15) is 13.0 Å². The fourth-order valence-electron chi connectivity index (χ4n) is 0.659. The van der Waals surface area contributed by atoms with Crippen LogP contribution in [0.3, 0.4) is 0 Å². The zero-order valence-electron chi connectivity index (χ0n) is 6.76. The van der Waals surface area contributed by atoms with Crippen molar-refractivity contribution >= 4 is 10.1 Å². The summed E-state index contributed by atoms with van der Waals surface area (Å²) in [5.41, 5.74) is 0. The van der Waals surface area contributed by atoms with Crippen LogP contribution in [0.25, 0.3) is 0 Å². The van der Waals surface area contributed by atoms with Gasteiger partial charge in [0.1, 0.15) is 10.1 Å². The SMILES string of the molecule is O=S(=O)([O-])c1ccc(O)c(O)c1.[Na+]. The molecular weight excluding hydrogens is 207 g/mol. The van der Waals surface area contributed by atoms with Crippen LogP contribution in [0.4, 0.5) is 0 Å². The first-order chi connectivity index (χ1) is 5.41. The molecule has 66 valence electrons. The van der Waals surface area contributed by atoms with Crippen molar-refractivity contribution in [3.63, 3.8) is 0 Å². The van der Waals surface area contributed by atoms with Gasteiger partial charge in [0.05, 0.1) is 4.90 Å². The van der Waals surface area contributed by atoms with Crippen molar-refractivity contribution in [2.24, 2.45) is 0 Å². The number of phenolic OH excluding ortho intramolecular Hbond substituents is 2.